The molecule has 3 heterocycles. The van der Waals surface area contributed by atoms with E-state index in [1.54, 1.807) is 24.6 Å². The molecule has 4 rings (SSSR count). The summed E-state index contributed by atoms with van der Waals surface area (Å²) in [6.45, 7) is 0. The third kappa shape index (κ3) is 3.85. The zero-order valence-corrected chi connectivity index (χ0v) is 15.6. The number of ether oxygens (including phenoxy) is 1. The van der Waals surface area contributed by atoms with E-state index in [0.29, 0.717) is 12.1 Å². The molecule has 5 nitrogen and oxygen atoms in total. The van der Waals surface area contributed by atoms with Gasteiger partial charge in [-0.05, 0) is 52.7 Å². The van der Waals surface area contributed by atoms with E-state index < -0.39 is 0 Å². The van der Waals surface area contributed by atoms with Gasteiger partial charge in [0.2, 0.25) is 5.91 Å². The lowest BCUT2D eigenvalue weighted by Crippen LogP contribution is -2.19. The van der Waals surface area contributed by atoms with E-state index in [9.17, 15) is 4.79 Å². The number of aromatic nitrogens is 2. The van der Waals surface area contributed by atoms with Crippen LogP contribution in [0.4, 0.5) is 5.69 Å². The van der Waals surface area contributed by atoms with E-state index >= 15 is 0 Å². The van der Waals surface area contributed by atoms with E-state index in [1.165, 1.54) is 0 Å². The third-order valence-corrected chi connectivity index (χ3v) is 5.17. The lowest BCUT2D eigenvalue weighted by atomic mass is 10.1. The van der Waals surface area contributed by atoms with Gasteiger partial charge in [0.15, 0.2) is 0 Å². The molecule has 27 heavy (non-hydrogen) atoms. The zero-order valence-electron chi connectivity index (χ0n) is 14.8. The first-order valence-corrected chi connectivity index (χ1v) is 9.55. The summed E-state index contributed by atoms with van der Waals surface area (Å²) in [6.07, 6.45) is 6.00. The van der Waals surface area contributed by atoms with E-state index in [-0.39, 0.29) is 11.9 Å². The molecule has 0 saturated heterocycles. The molecular weight excluding hydrogens is 358 g/mol. The molecule has 1 amide bonds. The van der Waals surface area contributed by atoms with Crippen molar-refractivity contribution in [3.63, 3.8) is 0 Å². The van der Waals surface area contributed by atoms with E-state index in [0.717, 1.165) is 22.2 Å². The van der Waals surface area contributed by atoms with Gasteiger partial charge in [0.05, 0.1) is 37.0 Å². The van der Waals surface area contributed by atoms with Crippen molar-refractivity contribution in [1.29, 1.82) is 0 Å². The van der Waals surface area contributed by atoms with Gasteiger partial charge < -0.3 is 14.6 Å². The van der Waals surface area contributed by atoms with Crippen LogP contribution in [-0.2, 0) is 4.79 Å². The molecule has 0 aliphatic heterocycles. The van der Waals surface area contributed by atoms with Crippen LogP contribution in [0.3, 0.4) is 0 Å². The molecule has 1 N–H and O–H groups in total. The zero-order chi connectivity index (χ0) is 18.6. The van der Waals surface area contributed by atoms with Gasteiger partial charge in [-0.3, -0.25) is 9.78 Å². The predicted octanol–water partition coefficient (Wildman–Crippen LogP) is 4.72. The van der Waals surface area contributed by atoms with Crippen molar-refractivity contribution >= 4 is 33.8 Å². The normalized spacial score (nSPS) is 12.0. The summed E-state index contributed by atoms with van der Waals surface area (Å²) in [5.41, 5.74) is 2.65. The van der Waals surface area contributed by atoms with Crippen LogP contribution in [0.25, 0.3) is 10.9 Å². The second-order valence-electron chi connectivity index (χ2n) is 6.24. The molecular formula is C21H19N3O2S. The van der Waals surface area contributed by atoms with Crippen LogP contribution in [0.1, 0.15) is 18.0 Å². The van der Waals surface area contributed by atoms with Crippen molar-refractivity contribution in [3.05, 3.63) is 77.4 Å². The maximum absolute atomic E-state index is 12.7. The molecule has 1 atom stereocenters. The lowest BCUT2D eigenvalue weighted by Gasteiger charge is -2.18. The number of amides is 1. The Kier molecular flexibility index (Phi) is 4.89. The highest BCUT2D eigenvalue weighted by molar-refractivity contribution is 7.08. The highest BCUT2D eigenvalue weighted by Gasteiger charge is 2.18. The predicted molar refractivity (Wildman–Crippen MR) is 108 cm³/mol. The summed E-state index contributed by atoms with van der Waals surface area (Å²) >= 11 is 1.64. The Morgan fingerprint density at radius 3 is 2.85 bits per heavy atom. The number of carbonyl (C=O) groups excluding carboxylic acids is 1. The average molecular weight is 377 g/mol. The first-order valence-electron chi connectivity index (χ1n) is 8.61. The molecule has 0 fully saturated rings. The molecule has 0 radical (unpaired) electrons. The number of pyridine rings is 1. The van der Waals surface area contributed by atoms with Gasteiger partial charge >= 0.3 is 0 Å². The number of anilines is 1. The fourth-order valence-corrected chi connectivity index (χ4v) is 3.81. The van der Waals surface area contributed by atoms with E-state index in [4.69, 9.17) is 4.74 Å². The first kappa shape index (κ1) is 17.3. The molecule has 1 aromatic carbocycles. The second-order valence-corrected chi connectivity index (χ2v) is 7.02. The standard InChI is InChI=1S/C21H19N3O2S/c1-26-18-5-4-15-10-17(13-22-19(15)11-18)23-21(25)12-20(16-6-9-27-14-16)24-7-2-3-8-24/h2-11,13-14,20H,12H2,1H3,(H,23,25)/t20-/m0/s1. The third-order valence-electron chi connectivity index (χ3n) is 4.47. The van der Waals surface area contributed by atoms with Crippen molar-refractivity contribution in [2.75, 3.05) is 12.4 Å². The van der Waals surface area contributed by atoms with Crippen molar-refractivity contribution in [3.8, 4) is 5.75 Å². The fraction of sp³-hybridized carbons (Fsp3) is 0.143. The lowest BCUT2D eigenvalue weighted by molar-refractivity contribution is -0.116. The van der Waals surface area contributed by atoms with Crippen LogP contribution in [0.2, 0.25) is 0 Å². The maximum Gasteiger partial charge on any atom is 0.226 e. The van der Waals surface area contributed by atoms with Crippen LogP contribution >= 0.6 is 11.3 Å². The number of hydrogen-bond acceptors (Lipinski definition) is 4. The Hall–Kier alpha value is -3.12. The Balaban J connectivity index is 1.52. The summed E-state index contributed by atoms with van der Waals surface area (Å²) in [4.78, 5) is 17.1. The molecule has 3 aromatic heterocycles. The monoisotopic (exact) mass is 377 g/mol. The van der Waals surface area contributed by atoms with Gasteiger partial charge in [-0.1, -0.05) is 0 Å². The minimum absolute atomic E-state index is 0.0241. The highest BCUT2D eigenvalue weighted by atomic mass is 32.1. The van der Waals surface area contributed by atoms with Crippen LogP contribution in [0.15, 0.2) is 71.8 Å². The Bertz CT molecular complexity index is 1010. The van der Waals surface area contributed by atoms with Crippen LogP contribution in [0, 0.1) is 0 Å². The summed E-state index contributed by atoms with van der Waals surface area (Å²) in [6, 6.07) is 13.6. The van der Waals surface area contributed by atoms with Crippen molar-refractivity contribution in [2.24, 2.45) is 0 Å². The van der Waals surface area contributed by atoms with Gasteiger partial charge in [-0.25, -0.2) is 0 Å². The number of thiophene rings is 1. The summed E-state index contributed by atoms with van der Waals surface area (Å²) in [7, 11) is 1.63. The number of nitrogens with one attached hydrogen (secondary N) is 1. The minimum Gasteiger partial charge on any atom is -0.497 e. The topological polar surface area (TPSA) is 56.1 Å². The van der Waals surface area contributed by atoms with Crippen LogP contribution in [-0.4, -0.2) is 22.6 Å². The van der Waals surface area contributed by atoms with Gasteiger partial charge in [0.25, 0.3) is 0 Å². The minimum atomic E-state index is -0.0467. The molecule has 0 aliphatic carbocycles. The molecule has 0 spiro atoms. The molecule has 0 bridgehead atoms. The Morgan fingerprint density at radius 2 is 2.11 bits per heavy atom. The molecule has 136 valence electrons. The van der Waals surface area contributed by atoms with Crippen LogP contribution < -0.4 is 10.1 Å². The molecule has 0 saturated carbocycles. The highest BCUT2D eigenvalue weighted by Crippen LogP contribution is 2.26. The van der Waals surface area contributed by atoms with E-state index in [2.05, 4.69) is 26.3 Å². The number of carbonyl (C=O) groups is 1. The van der Waals surface area contributed by atoms with Crippen LogP contribution in [0.5, 0.6) is 5.75 Å². The number of nitrogens with zero attached hydrogens (tertiary/aromatic N) is 2. The van der Waals surface area contributed by atoms with Gasteiger partial charge in [-0.15, -0.1) is 0 Å². The number of methoxy groups -OCH3 is 1. The second kappa shape index (κ2) is 7.63. The quantitative estimate of drug-likeness (QED) is 0.529. The maximum atomic E-state index is 12.7. The first-order chi connectivity index (χ1) is 13.2. The number of fused-ring (bicyclic) bond motifs is 1. The van der Waals surface area contributed by atoms with Crippen molar-refractivity contribution in [1.82, 2.24) is 9.55 Å². The smallest absolute Gasteiger partial charge is 0.226 e. The average Bonchev–Trinajstić information content (AvgIpc) is 3.40. The summed E-state index contributed by atoms with van der Waals surface area (Å²) < 4.78 is 7.28. The Morgan fingerprint density at radius 1 is 1.26 bits per heavy atom. The number of hydrogen-bond donors (Lipinski definition) is 1. The molecule has 0 unspecified atom stereocenters. The fourth-order valence-electron chi connectivity index (χ4n) is 3.10. The summed E-state index contributed by atoms with van der Waals surface area (Å²) in [5.74, 6) is 0.715. The van der Waals surface area contributed by atoms with Gasteiger partial charge in [-0.2, -0.15) is 11.3 Å². The van der Waals surface area contributed by atoms with E-state index in [1.807, 2.05) is 54.2 Å². The van der Waals surface area contributed by atoms with Crippen molar-refractivity contribution < 1.29 is 9.53 Å². The molecule has 4 aromatic rings. The van der Waals surface area contributed by atoms with Gasteiger partial charge in [0.1, 0.15) is 5.75 Å². The largest absolute Gasteiger partial charge is 0.497 e. The summed E-state index contributed by atoms with van der Waals surface area (Å²) in [5, 5.41) is 8.05. The van der Waals surface area contributed by atoms with Crippen molar-refractivity contribution in [2.45, 2.75) is 12.5 Å². The number of benzene rings is 1. The van der Waals surface area contributed by atoms with Gasteiger partial charge in [0, 0.05) is 23.8 Å². The SMILES string of the molecule is COc1ccc2cc(NC(=O)C[C@@H](c3ccsc3)n3cccc3)cnc2c1. The molecule has 0 aliphatic rings. The Labute approximate surface area is 161 Å². The molecule has 6 heteroatoms. The number of rotatable bonds is 6.